The van der Waals surface area contributed by atoms with Crippen LogP contribution >= 0.6 is 0 Å². The van der Waals surface area contributed by atoms with Gasteiger partial charge in [0.15, 0.2) is 0 Å². The quantitative estimate of drug-likeness (QED) is 0.706. The molecule has 0 unspecified atom stereocenters. The third-order valence-electron chi connectivity index (χ3n) is 3.75. The number of amides is 1. The topological polar surface area (TPSA) is 69.6 Å². The van der Waals surface area contributed by atoms with Crippen molar-refractivity contribution >= 4 is 11.9 Å². The van der Waals surface area contributed by atoms with Crippen LogP contribution in [-0.4, -0.2) is 47.1 Å². The SMILES string of the molecule is O=C1CCN(C2(C(=O)O)CCCC2)CCN1. The summed E-state index contributed by atoms with van der Waals surface area (Å²) in [4.78, 5) is 24.7. The number of rotatable bonds is 2. The van der Waals surface area contributed by atoms with Gasteiger partial charge in [0.1, 0.15) is 5.54 Å². The highest BCUT2D eigenvalue weighted by Gasteiger charge is 2.46. The summed E-state index contributed by atoms with van der Waals surface area (Å²) in [6, 6.07) is 0. The van der Waals surface area contributed by atoms with Crippen molar-refractivity contribution in [3.05, 3.63) is 0 Å². The minimum atomic E-state index is -0.723. The summed E-state index contributed by atoms with van der Waals surface area (Å²) in [6.45, 7) is 1.78. The molecule has 0 aromatic rings. The van der Waals surface area contributed by atoms with Crippen LogP contribution in [0.25, 0.3) is 0 Å². The van der Waals surface area contributed by atoms with E-state index in [0.29, 0.717) is 26.1 Å². The maximum atomic E-state index is 11.5. The molecular weight excluding hydrogens is 208 g/mol. The molecule has 0 radical (unpaired) electrons. The van der Waals surface area contributed by atoms with E-state index in [2.05, 4.69) is 5.32 Å². The molecule has 1 saturated heterocycles. The Labute approximate surface area is 94.8 Å². The maximum Gasteiger partial charge on any atom is 0.324 e. The highest BCUT2D eigenvalue weighted by molar-refractivity contribution is 5.80. The lowest BCUT2D eigenvalue weighted by atomic mass is 9.95. The second-order valence-corrected chi connectivity index (χ2v) is 4.63. The fourth-order valence-electron chi connectivity index (χ4n) is 2.82. The first-order chi connectivity index (χ1) is 7.65. The van der Waals surface area contributed by atoms with Crippen molar-refractivity contribution < 1.29 is 14.7 Å². The lowest BCUT2D eigenvalue weighted by molar-refractivity contribution is -0.151. The zero-order valence-electron chi connectivity index (χ0n) is 9.37. The van der Waals surface area contributed by atoms with Gasteiger partial charge in [-0.1, -0.05) is 12.8 Å². The van der Waals surface area contributed by atoms with Gasteiger partial charge >= 0.3 is 5.97 Å². The number of aliphatic carboxylic acids is 1. The summed E-state index contributed by atoms with van der Waals surface area (Å²) < 4.78 is 0. The predicted molar refractivity (Wildman–Crippen MR) is 58.0 cm³/mol. The third-order valence-corrected chi connectivity index (χ3v) is 3.75. The maximum absolute atomic E-state index is 11.5. The van der Waals surface area contributed by atoms with Crippen LogP contribution in [0, 0.1) is 0 Å². The Morgan fingerprint density at radius 3 is 2.62 bits per heavy atom. The Morgan fingerprint density at radius 1 is 1.31 bits per heavy atom. The van der Waals surface area contributed by atoms with Crippen LogP contribution in [0.1, 0.15) is 32.1 Å². The number of hydrogen-bond donors (Lipinski definition) is 2. The van der Waals surface area contributed by atoms with Crippen LogP contribution in [0.15, 0.2) is 0 Å². The van der Waals surface area contributed by atoms with Gasteiger partial charge in [0.25, 0.3) is 0 Å². The Balaban J connectivity index is 2.13. The molecule has 1 aliphatic heterocycles. The second kappa shape index (κ2) is 4.41. The first-order valence-corrected chi connectivity index (χ1v) is 5.90. The number of nitrogens with one attached hydrogen (secondary N) is 1. The van der Waals surface area contributed by atoms with Crippen LogP contribution in [0.2, 0.25) is 0 Å². The zero-order chi connectivity index (χ0) is 11.6. The summed E-state index contributed by atoms with van der Waals surface area (Å²) in [7, 11) is 0. The fraction of sp³-hybridized carbons (Fsp3) is 0.818. The van der Waals surface area contributed by atoms with Gasteiger partial charge in [-0.2, -0.15) is 0 Å². The normalized spacial score (nSPS) is 26.1. The molecule has 2 aliphatic rings. The smallest absolute Gasteiger partial charge is 0.324 e. The van der Waals surface area contributed by atoms with E-state index in [-0.39, 0.29) is 5.91 Å². The van der Waals surface area contributed by atoms with E-state index in [1.807, 2.05) is 4.90 Å². The number of carbonyl (C=O) groups is 2. The average Bonchev–Trinajstić information content (AvgIpc) is 2.64. The van der Waals surface area contributed by atoms with E-state index in [1.54, 1.807) is 0 Å². The van der Waals surface area contributed by atoms with Crippen molar-refractivity contribution in [2.75, 3.05) is 19.6 Å². The molecule has 16 heavy (non-hydrogen) atoms. The number of hydrogen-bond acceptors (Lipinski definition) is 3. The summed E-state index contributed by atoms with van der Waals surface area (Å²) in [5, 5.41) is 12.2. The van der Waals surface area contributed by atoms with Crippen LogP contribution in [0.5, 0.6) is 0 Å². The van der Waals surface area contributed by atoms with Gasteiger partial charge in [-0.05, 0) is 12.8 Å². The summed E-state index contributed by atoms with van der Waals surface area (Å²) >= 11 is 0. The molecule has 5 heteroatoms. The average molecular weight is 226 g/mol. The molecule has 0 aromatic carbocycles. The molecular formula is C11H18N2O3. The summed E-state index contributed by atoms with van der Waals surface area (Å²) in [5.41, 5.74) is -0.702. The first-order valence-electron chi connectivity index (χ1n) is 5.90. The van der Waals surface area contributed by atoms with Gasteiger partial charge < -0.3 is 10.4 Å². The van der Waals surface area contributed by atoms with Gasteiger partial charge in [-0.15, -0.1) is 0 Å². The van der Waals surface area contributed by atoms with E-state index in [1.165, 1.54) is 0 Å². The van der Waals surface area contributed by atoms with E-state index >= 15 is 0 Å². The lowest BCUT2D eigenvalue weighted by Gasteiger charge is -2.36. The van der Waals surface area contributed by atoms with Gasteiger partial charge in [0.2, 0.25) is 5.91 Å². The third kappa shape index (κ3) is 1.91. The molecule has 2 fully saturated rings. The Hall–Kier alpha value is -1.10. The van der Waals surface area contributed by atoms with Crippen molar-refractivity contribution in [2.45, 2.75) is 37.6 Å². The molecule has 2 N–H and O–H groups in total. The van der Waals surface area contributed by atoms with Crippen LogP contribution in [-0.2, 0) is 9.59 Å². The largest absolute Gasteiger partial charge is 0.480 e. The molecule has 1 amide bonds. The van der Waals surface area contributed by atoms with Gasteiger partial charge in [0.05, 0.1) is 0 Å². The second-order valence-electron chi connectivity index (χ2n) is 4.63. The molecule has 0 bridgehead atoms. The lowest BCUT2D eigenvalue weighted by Crippen LogP contribution is -2.53. The van der Waals surface area contributed by atoms with E-state index in [9.17, 15) is 14.7 Å². The molecule has 1 aliphatic carbocycles. The van der Waals surface area contributed by atoms with Crippen molar-refractivity contribution in [3.63, 3.8) is 0 Å². The van der Waals surface area contributed by atoms with Crippen molar-refractivity contribution in [1.29, 1.82) is 0 Å². The summed E-state index contributed by atoms with van der Waals surface area (Å²) in [5.74, 6) is -0.694. The molecule has 0 spiro atoms. The number of nitrogens with zero attached hydrogens (tertiary/aromatic N) is 1. The van der Waals surface area contributed by atoms with E-state index in [0.717, 1.165) is 25.7 Å². The highest BCUT2D eigenvalue weighted by Crippen LogP contribution is 2.35. The van der Waals surface area contributed by atoms with Crippen LogP contribution in [0.3, 0.4) is 0 Å². The van der Waals surface area contributed by atoms with Crippen LogP contribution < -0.4 is 5.32 Å². The molecule has 2 rings (SSSR count). The minimum Gasteiger partial charge on any atom is -0.480 e. The standard InChI is InChI=1S/C11H18N2O3/c14-9-3-7-13(8-6-12-9)11(10(15)16)4-1-2-5-11/h1-8H2,(H,12,14)(H,15,16). The van der Waals surface area contributed by atoms with E-state index < -0.39 is 11.5 Å². The molecule has 5 nitrogen and oxygen atoms in total. The minimum absolute atomic E-state index is 0.0287. The molecule has 1 saturated carbocycles. The molecule has 90 valence electrons. The van der Waals surface area contributed by atoms with Gasteiger partial charge in [-0.25, -0.2) is 0 Å². The number of carboxylic acid groups (broad SMARTS) is 1. The van der Waals surface area contributed by atoms with Crippen molar-refractivity contribution in [1.82, 2.24) is 10.2 Å². The molecule has 0 aromatic heterocycles. The first kappa shape index (κ1) is 11.4. The highest BCUT2D eigenvalue weighted by atomic mass is 16.4. The Bertz CT molecular complexity index is 298. The zero-order valence-corrected chi connectivity index (χ0v) is 9.37. The van der Waals surface area contributed by atoms with Crippen molar-refractivity contribution in [3.8, 4) is 0 Å². The van der Waals surface area contributed by atoms with Crippen molar-refractivity contribution in [2.24, 2.45) is 0 Å². The summed E-state index contributed by atoms with van der Waals surface area (Å²) in [6.07, 6.45) is 3.80. The van der Waals surface area contributed by atoms with Gasteiger partial charge in [-0.3, -0.25) is 14.5 Å². The molecule has 1 heterocycles. The fourth-order valence-corrected chi connectivity index (χ4v) is 2.82. The number of carboxylic acids is 1. The Morgan fingerprint density at radius 2 is 2.00 bits per heavy atom. The van der Waals surface area contributed by atoms with E-state index in [4.69, 9.17) is 0 Å². The molecule has 0 atom stereocenters. The number of carbonyl (C=O) groups excluding carboxylic acids is 1. The Kier molecular flexibility index (Phi) is 3.14. The van der Waals surface area contributed by atoms with Crippen LogP contribution in [0.4, 0.5) is 0 Å². The predicted octanol–water partition coefficient (Wildman–Crippen LogP) is 0.206. The monoisotopic (exact) mass is 226 g/mol. The van der Waals surface area contributed by atoms with Gasteiger partial charge in [0, 0.05) is 26.1 Å².